The Bertz CT molecular complexity index is 937. The molecule has 0 saturated carbocycles. The number of carbonyl (C=O) groups excluding carboxylic acids is 2. The first kappa shape index (κ1) is 22.0. The summed E-state index contributed by atoms with van der Waals surface area (Å²) in [6.45, 7) is 8.47. The second-order valence-electron chi connectivity index (χ2n) is 7.35. The maximum absolute atomic E-state index is 13.0. The lowest BCUT2D eigenvalue weighted by molar-refractivity contribution is -0.137. The summed E-state index contributed by atoms with van der Waals surface area (Å²) in [4.78, 5) is 28.1. The Hall–Kier alpha value is -2.29. The zero-order valence-corrected chi connectivity index (χ0v) is 16.9. The summed E-state index contributed by atoms with van der Waals surface area (Å²) in [6, 6.07) is 2.42. The van der Waals surface area contributed by atoms with Crippen LogP contribution >= 0.6 is 11.3 Å². The molecule has 2 aromatic rings. The molecule has 0 unspecified atom stereocenters. The van der Waals surface area contributed by atoms with Gasteiger partial charge in [0.05, 0.1) is 11.1 Å². The van der Waals surface area contributed by atoms with Crippen LogP contribution in [0.3, 0.4) is 0 Å². The number of hydrogen-bond acceptors (Lipinski definition) is 4. The second-order valence-corrected chi connectivity index (χ2v) is 8.31. The number of carbonyl (C=O) groups is 2. The van der Waals surface area contributed by atoms with Gasteiger partial charge in [0.15, 0.2) is 6.29 Å². The normalized spacial score (nSPS) is 13.0. The number of aromatic nitrogens is 2. The maximum atomic E-state index is 13.0. The third-order valence-corrected chi connectivity index (χ3v) is 5.29. The van der Waals surface area contributed by atoms with Crippen molar-refractivity contribution in [3.63, 3.8) is 0 Å². The summed E-state index contributed by atoms with van der Waals surface area (Å²) < 4.78 is 40.6. The predicted molar refractivity (Wildman–Crippen MR) is 100 cm³/mol. The van der Waals surface area contributed by atoms with Gasteiger partial charge >= 0.3 is 6.18 Å². The third-order valence-electron chi connectivity index (χ3n) is 3.92. The van der Waals surface area contributed by atoms with Crippen LogP contribution in [-0.4, -0.2) is 22.0 Å². The molecule has 5 nitrogen and oxygen atoms in total. The number of alkyl halides is 3. The largest absolute Gasteiger partial charge is 0.416 e. The first-order valence-corrected chi connectivity index (χ1v) is 9.63. The molecule has 9 heteroatoms. The fourth-order valence-corrected chi connectivity index (χ4v) is 3.30. The summed E-state index contributed by atoms with van der Waals surface area (Å²) in [5.74, 6) is -0.900. The van der Waals surface area contributed by atoms with Crippen LogP contribution in [-0.2, 0) is 18.1 Å². The Balaban J connectivity index is 2.57. The average Bonchev–Trinajstić information content (AvgIpc) is 3.01. The van der Waals surface area contributed by atoms with E-state index in [2.05, 4.69) is 10.1 Å². The van der Waals surface area contributed by atoms with Gasteiger partial charge in [-0.1, -0.05) is 51.5 Å². The van der Waals surface area contributed by atoms with E-state index < -0.39 is 17.6 Å². The molecule has 152 valence electrons. The molecule has 0 bridgehead atoms. The van der Waals surface area contributed by atoms with E-state index in [4.69, 9.17) is 0 Å². The molecule has 0 aliphatic heterocycles. The molecule has 0 N–H and O–H groups in total. The van der Waals surface area contributed by atoms with Gasteiger partial charge < -0.3 is 0 Å². The Morgan fingerprint density at radius 3 is 2.50 bits per heavy atom. The highest BCUT2D eigenvalue weighted by Gasteiger charge is 2.31. The standard InChI is InChI=1S/C19H22F3N3O2S/c1-5-6-9-25-17(28-16(24-25)18(2,3)4)23-15(27)14-10-13(19(20,21)22)8-7-12(14)11-26/h7-8,10-11H,5-6,9H2,1-4H3. The molecular formula is C19H22F3N3O2S. The number of aryl methyl sites for hydroxylation is 1. The second kappa shape index (κ2) is 8.38. The van der Waals surface area contributed by atoms with Crippen molar-refractivity contribution in [1.82, 2.24) is 9.78 Å². The van der Waals surface area contributed by atoms with Crippen molar-refractivity contribution < 1.29 is 22.8 Å². The van der Waals surface area contributed by atoms with Crippen LogP contribution < -0.4 is 4.80 Å². The van der Waals surface area contributed by atoms with Crippen LogP contribution in [0, 0.1) is 0 Å². The van der Waals surface area contributed by atoms with E-state index in [-0.39, 0.29) is 16.5 Å². The van der Waals surface area contributed by atoms with Gasteiger partial charge in [0.25, 0.3) is 5.91 Å². The van der Waals surface area contributed by atoms with E-state index in [0.29, 0.717) is 23.7 Å². The smallest absolute Gasteiger partial charge is 0.298 e. The monoisotopic (exact) mass is 413 g/mol. The third kappa shape index (κ3) is 5.15. The van der Waals surface area contributed by atoms with E-state index in [1.807, 2.05) is 27.7 Å². The molecule has 1 aromatic carbocycles. The van der Waals surface area contributed by atoms with Crippen molar-refractivity contribution in [1.29, 1.82) is 0 Å². The quantitative estimate of drug-likeness (QED) is 0.672. The molecule has 1 aromatic heterocycles. The fraction of sp³-hybridized carbons (Fsp3) is 0.474. The van der Waals surface area contributed by atoms with E-state index in [1.54, 1.807) is 4.68 Å². The minimum absolute atomic E-state index is 0.137. The first-order valence-electron chi connectivity index (χ1n) is 8.81. The molecule has 0 aliphatic rings. The van der Waals surface area contributed by atoms with Crippen LogP contribution in [0.4, 0.5) is 13.2 Å². The molecule has 0 saturated heterocycles. The van der Waals surface area contributed by atoms with Crippen LogP contribution in [0.15, 0.2) is 23.2 Å². The zero-order valence-electron chi connectivity index (χ0n) is 16.1. The lowest BCUT2D eigenvalue weighted by atomic mass is 9.98. The Morgan fingerprint density at radius 1 is 1.29 bits per heavy atom. The number of benzene rings is 1. The van der Waals surface area contributed by atoms with Crippen LogP contribution in [0.2, 0.25) is 0 Å². The predicted octanol–water partition coefficient (Wildman–Crippen LogP) is 4.61. The van der Waals surface area contributed by atoms with Crippen molar-refractivity contribution in [3.05, 3.63) is 44.7 Å². The summed E-state index contributed by atoms with van der Waals surface area (Å²) in [5, 5.41) is 5.26. The van der Waals surface area contributed by atoms with Gasteiger partial charge in [0.2, 0.25) is 4.80 Å². The first-order chi connectivity index (χ1) is 13.0. The van der Waals surface area contributed by atoms with Gasteiger partial charge in [-0.25, -0.2) is 4.68 Å². The van der Waals surface area contributed by atoms with E-state index >= 15 is 0 Å². The SMILES string of the molecule is CCCCn1nc(C(C)(C)C)sc1=NC(=O)c1cc(C(F)(F)F)ccc1C=O. The Labute approximate surface area is 164 Å². The van der Waals surface area contributed by atoms with Gasteiger partial charge in [-0.15, -0.1) is 0 Å². The highest BCUT2D eigenvalue weighted by atomic mass is 32.1. The molecule has 0 fully saturated rings. The van der Waals surface area contributed by atoms with Gasteiger partial charge in [0, 0.05) is 17.5 Å². The Morgan fingerprint density at radius 2 is 1.96 bits per heavy atom. The molecule has 1 amide bonds. The minimum atomic E-state index is -4.62. The van der Waals surface area contributed by atoms with Crippen molar-refractivity contribution in [2.24, 2.45) is 4.99 Å². The summed E-state index contributed by atoms with van der Waals surface area (Å²) in [7, 11) is 0. The highest BCUT2D eigenvalue weighted by Crippen LogP contribution is 2.30. The highest BCUT2D eigenvalue weighted by molar-refractivity contribution is 7.09. The molecule has 28 heavy (non-hydrogen) atoms. The number of rotatable bonds is 5. The van der Waals surface area contributed by atoms with Crippen LogP contribution in [0.25, 0.3) is 0 Å². The Kier molecular flexibility index (Phi) is 6.59. The number of unbranched alkanes of at least 4 members (excludes halogenated alkanes) is 1. The van der Waals surface area contributed by atoms with Crippen LogP contribution in [0.1, 0.15) is 71.8 Å². The van der Waals surface area contributed by atoms with E-state index in [1.165, 1.54) is 11.3 Å². The van der Waals surface area contributed by atoms with Crippen molar-refractivity contribution in [2.45, 2.75) is 58.7 Å². The molecule has 0 radical (unpaired) electrons. The maximum Gasteiger partial charge on any atom is 0.416 e. The lowest BCUT2D eigenvalue weighted by Crippen LogP contribution is -2.19. The summed E-state index contributed by atoms with van der Waals surface area (Å²) >= 11 is 1.22. The van der Waals surface area contributed by atoms with Crippen LogP contribution in [0.5, 0.6) is 0 Å². The molecule has 1 heterocycles. The number of amides is 1. The molecule has 0 atom stereocenters. The summed E-state index contributed by atoms with van der Waals surface area (Å²) in [6.07, 6.45) is -2.55. The number of halogens is 3. The molecular weight excluding hydrogens is 391 g/mol. The van der Waals surface area contributed by atoms with Crippen molar-refractivity contribution >= 4 is 23.5 Å². The lowest BCUT2D eigenvalue weighted by Gasteiger charge is -2.12. The van der Waals surface area contributed by atoms with Crippen molar-refractivity contribution in [3.8, 4) is 0 Å². The van der Waals surface area contributed by atoms with E-state index in [9.17, 15) is 22.8 Å². The van der Waals surface area contributed by atoms with Gasteiger partial charge in [0.1, 0.15) is 5.01 Å². The van der Waals surface area contributed by atoms with E-state index in [0.717, 1.165) is 30.0 Å². The molecule has 0 aliphatic carbocycles. The molecule has 0 spiro atoms. The van der Waals surface area contributed by atoms with Gasteiger partial charge in [-0.2, -0.15) is 23.3 Å². The molecule has 2 rings (SSSR count). The topological polar surface area (TPSA) is 64.3 Å². The zero-order chi connectivity index (χ0) is 21.1. The number of aldehydes is 1. The van der Waals surface area contributed by atoms with Gasteiger partial charge in [-0.3, -0.25) is 9.59 Å². The minimum Gasteiger partial charge on any atom is -0.298 e. The number of nitrogens with zero attached hydrogens (tertiary/aromatic N) is 3. The fourth-order valence-electron chi connectivity index (χ4n) is 2.32. The summed E-state index contributed by atoms with van der Waals surface area (Å²) in [5.41, 5.74) is -1.78. The number of hydrogen-bond donors (Lipinski definition) is 0. The van der Waals surface area contributed by atoms with Crippen molar-refractivity contribution in [2.75, 3.05) is 0 Å². The van der Waals surface area contributed by atoms with Gasteiger partial charge in [-0.05, 0) is 18.6 Å². The average molecular weight is 413 g/mol.